The van der Waals surface area contributed by atoms with Crippen molar-refractivity contribution < 1.29 is 29.3 Å². The first kappa shape index (κ1) is 40.6. The number of morpholine rings is 1. The summed E-state index contributed by atoms with van der Waals surface area (Å²) in [4.78, 5) is 46.3. The Balaban J connectivity index is 0.841. The number of piperidine rings is 1. The third-order valence-electron chi connectivity index (χ3n) is 10.9. The first-order valence-electron chi connectivity index (χ1n) is 19.5. The van der Waals surface area contributed by atoms with Crippen LogP contribution in [0.4, 0.5) is 0 Å². The van der Waals surface area contributed by atoms with Gasteiger partial charge in [-0.25, -0.2) is 0 Å². The van der Waals surface area contributed by atoms with Crippen LogP contribution in [0.25, 0.3) is 10.9 Å². The Morgan fingerprint density at radius 3 is 2.62 bits per heavy atom. The normalized spacial score (nSPS) is 16.1. The number of amides is 2. The van der Waals surface area contributed by atoms with Gasteiger partial charge in [0.1, 0.15) is 5.75 Å². The predicted molar refractivity (Wildman–Crippen MR) is 216 cm³/mol. The number of nitrogens with zero attached hydrogens (tertiary/aromatic N) is 3. The number of aromatic amines is 1. The molecule has 6 rings (SSSR count). The number of aliphatic hydroxyl groups is 1. The second-order valence-corrected chi connectivity index (χ2v) is 14.8. The smallest absolute Gasteiger partial charge is 0.254 e. The summed E-state index contributed by atoms with van der Waals surface area (Å²) in [5, 5.41) is 24.6. The lowest BCUT2D eigenvalue weighted by Crippen LogP contribution is -2.58. The number of likely N-dealkylation sites (tertiary alicyclic amines) is 1. The maximum atomic E-state index is 13.3. The van der Waals surface area contributed by atoms with Gasteiger partial charge in [-0.2, -0.15) is 0 Å². The molecule has 3 heterocycles. The maximum Gasteiger partial charge on any atom is 0.254 e. The number of phenols is 1. The number of likely N-dealkylation sites (N-methyl/N-ethyl adjacent to an activating group) is 1. The van der Waals surface area contributed by atoms with E-state index in [0.29, 0.717) is 73.6 Å². The van der Waals surface area contributed by atoms with Crippen molar-refractivity contribution in [2.45, 2.75) is 43.8 Å². The minimum Gasteiger partial charge on any atom is -0.506 e. The van der Waals surface area contributed by atoms with Crippen molar-refractivity contribution in [2.75, 3.05) is 79.2 Å². The maximum absolute atomic E-state index is 13.3. The van der Waals surface area contributed by atoms with Gasteiger partial charge in [0.15, 0.2) is 0 Å². The zero-order valence-corrected chi connectivity index (χ0v) is 32.2. The van der Waals surface area contributed by atoms with Crippen LogP contribution in [0.5, 0.6) is 5.75 Å². The molecule has 0 aliphatic carbocycles. The molecule has 4 aromatic rings. The van der Waals surface area contributed by atoms with E-state index in [0.717, 1.165) is 45.3 Å². The third kappa shape index (κ3) is 10.6. The highest BCUT2D eigenvalue weighted by atomic mass is 16.5. The van der Waals surface area contributed by atoms with Crippen LogP contribution < -0.4 is 10.9 Å². The number of carbonyl (C=O) groups is 2. The lowest BCUT2D eigenvalue weighted by molar-refractivity contribution is -0.131. The quantitative estimate of drug-likeness (QED) is 0.0995. The standard InChI is InChI=1S/C44H53N5O7/c1-3-32-6-5-9-35(29-32)43(54)49-24-27-56-44(31-49)17-21-48(22-18-44)20-14-33-7-4-8-34(28-33)15-25-55-26-16-41(53)47(2)23-19-45-30-39(51)36-10-12-38(50)42-37(36)11-13-40(52)46-42/h1,4-13,28-29,39,45,50-51H,14-27,30-31H2,2H3,(H,46,52)/t39-/m0/s1. The van der Waals surface area contributed by atoms with Gasteiger partial charge in [0.25, 0.3) is 5.91 Å². The molecule has 2 aliphatic heterocycles. The molecule has 4 N–H and O–H groups in total. The monoisotopic (exact) mass is 763 g/mol. The molecular weight excluding hydrogens is 711 g/mol. The second-order valence-electron chi connectivity index (χ2n) is 14.8. The fourth-order valence-corrected chi connectivity index (χ4v) is 7.57. The number of hydrogen-bond donors (Lipinski definition) is 4. The van der Waals surface area contributed by atoms with Crippen molar-refractivity contribution in [3.8, 4) is 18.1 Å². The van der Waals surface area contributed by atoms with Crippen molar-refractivity contribution in [3.05, 3.63) is 111 Å². The number of rotatable bonds is 16. The fraction of sp³-hybridized carbons (Fsp3) is 0.432. The summed E-state index contributed by atoms with van der Waals surface area (Å²) < 4.78 is 12.2. The number of benzene rings is 3. The van der Waals surface area contributed by atoms with Gasteiger partial charge in [-0.15, -0.1) is 6.42 Å². The molecule has 0 radical (unpaired) electrons. The number of aromatic hydroxyl groups is 1. The number of H-pyrrole nitrogens is 1. The van der Waals surface area contributed by atoms with Gasteiger partial charge in [-0.1, -0.05) is 42.3 Å². The molecule has 2 amide bonds. The lowest BCUT2D eigenvalue weighted by atomic mass is 9.89. The largest absolute Gasteiger partial charge is 0.506 e. The van der Waals surface area contributed by atoms with E-state index in [4.69, 9.17) is 15.9 Å². The number of phenolic OH excluding ortho intramolecular Hbond substituents is 1. The van der Waals surface area contributed by atoms with Crippen LogP contribution in [0.2, 0.25) is 0 Å². The highest BCUT2D eigenvalue weighted by Gasteiger charge is 2.41. The summed E-state index contributed by atoms with van der Waals surface area (Å²) in [7, 11) is 1.75. The summed E-state index contributed by atoms with van der Waals surface area (Å²) in [6.07, 6.45) is 8.47. The topological polar surface area (TPSA) is 148 Å². The minimum absolute atomic E-state index is 0.0119. The Bertz CT molecular complexity index is 2070. The average Bonchev–Trinajstić information content (AvgIpc) is 3.22. The molecule has 0 bridgehead atoms. The number of ether oxygens (including phenoxy) is 2. The summed E-state index contributed by atoms with van der Waals surface area (Å²) in [5.74, 6) is 2.56. The van der Waals surface area contributed by atoms with E-state index in [1.807, 2.05) is 23.1 Å². The number of aliphatic hydroxyl groups excluding tert-OH is 1. The number of pyridine rings is 1. The summed E-state index contributed by atoms with van der Waals surface area (Å²) in [6, 6.07) is 21.9. The minimum atomic E-state index is -0.864. The van der Waals surface area contributed by atoms with E-state index in [1.165, 1.54) is 23.3 Å². The van der Waals surface area contributed by atoms with E-state index in [9.17, 15) is 24.6 Å². The molecule has 2 fully saturated rings. The Labute approximate surface area is 328 Å². The van der Waals surface area contributed by atoms with Crippen molar-refractivity contribution >= 4 is 22.7 Å². The SMILES string of the molecule is C#Cc1cccc(C(=O)N2CCOC3(CCN(CCc4cccc(CCOCCC(=O)N(C)CCNC[C@H](O)c5ccc(O)c6[nH]c(=O)ccc56)c4)CC3)C2)c1. The number of aromatic nitrogens is 1. The van der Waals surface area contributed by atoms with E-state index < -0.39 is 6.10 Å². The molecule has 296 valence electrons. The van der Waals surface area contributed by atoms with Crippen LogP contribution in [0, 0.1) is 12.3 Å². The first-order chi connectivity index (χ1) is 27.1. The predicted octanol–water partition coefficient (Wildman–Crippen LogP) is 3.50. The molecular formula is C44H53N5O7. The molecule has 3 aromatic carbocycles. The number of carbonyl (C=O) groups excluding carboxylic acids is 2. The van der Waals surface area contributed by atoms with E-state index in [2.05, 4.69) is 45.4 Å². The summed E-state index contributed by atoms with van der Waals surface area (Å²) in [5.41, 5.74) is 4.08. The summed E-state index contributed by atoms with van der Waals surface area (Å²) in [6.45, 7) is 6.63. The fourth-order valence-electron chi connectivity index (χ4n) is 7.57. The molecule has 12 heteroatoms. The number of fused-ring (bicyclic) bond motifs is 1. The zero-order chi connectivity index (χ0) is 39.5. The van der Waals surface area contributed by atoms with Gasteiger partial charge in [0, 0.05) is 75.4 Å². The van der Waals surface area contributed by atoms with Gasteiger partial charge in [-0.3, -0.25) is 14.4 Å². The van der Waals surface area contributed by atoms with E-state index >= 15 is 0 Å². The Morgan fingerprint density at radius 1 is 1.04 bits per heavy atom. The molecule has 1 atom stereocenters. The first-order valence-corrected chi connectivity index (χ1v) is 19.5. The van der Waals surface area contributed by atoms with Gasteiger partial charge in [0.05, 0.1) is 50.0 Å². The Hall–Kier alpha value is -5.03. The molecule has 0 unspecified atom stereocenters. The molecule has 1 spiro atoms. The lowest BCUT2D eigenvalue weighted by Gasteiger charge is -2.47. The van der Waals surface area contributed by atoms with Crippen LogP contribution in [0.15, 0.2) is 77.6 Å². The van der Waals surface area contributed by atoms with Crippen LogP contribution in [0.1, 0.15) is 58.0 Å². The summed E-state index contributed by atoms with van der Waals surface area (Å²) >= 11 is 0. The van der Waals surface area contributed by atoms with Gasteiger partial charge >= 0.3 is 0 Å². The molecule has 0 saturated carbocycles. The third-order valence-corrected chi connectivity index (χ3v) is 10.9. The zero-order valence-electron chi connectivity index (χ0n) is 32.2. The molecule has 1 aromatic heterocycles. The van der Waals surface area contributed by atoms with Gasteiger partial charge in [0.2, 0.25) is 11.5 Å². The van der Waals surface area contributed by atoms with Gasteiger partial charge in [-0.05, 0) is 72.7 Å². The molecule has 2 saturated heterocycles. The Morgan fingerprint density at radius 2 is 1.82 bits per heavy atom. The molecule has 2 aliphatic rings. The number of hydrogen-bond acceptors (Lipinski definition) is 9. The van der Waals surface area contributed by atoms with Crippen LogP contribution in [-0.2, 0) is 27.1 Å². The van der Waals surface area contributed by atoms with E-state index in [1.54, 1.807) is 30.1 Å². The number of terminal acetylenes is 1. The van der Waals surface area contributed by atoms with Crippen molar-refractivity contribution in [1.82, 2.24) is 25.0 Å². The molecule has 56 heavy (non-hydrogen) atoms. The highest BCUT2D eigenvalue weighted by Crippen LogP contribution is 2.31. The van der Waals surface area contributed by atoms with Crippen molar-refractivity contribution in [3.63, 3.8) is 0 Å². The van der Waals surface area contributed by atoms with Crippen molar-refractivity contribution in [1.29, 1.82) is 0 Å². The Kier molecular flexibility index (Phi) is 13.9. The average molecular weight is 764 g/mol. The van der Waals surface area contributed by atoms with Crippen LogP contribution in [-0.4, -0.2) is 127 Å². The van der Waals surface area contributed by atoms with Crippen LogP contribution >= 0.6 is 0 Å². The number of nitrogens with one attached hydrogen (secondary N) is 2. The molecule has 12 nitrogen and oxygen atoms in total. The van der Waals surface area contributed by atoms with E-state index in [-0.39, 0.29) is 41.7 Å². The highest BCUT2D eigenvalue weighted by molar-refractivity contribution is 5.94. The van der Waals surface area contributed by atoms with Crippen LogP contribution in [0.3, 0.4) is 0 Å². The van der Waals surface area contributed by atoms with Crippen molar-refractivity contribution in [2.24, 2.45) is 0 Å². The van der Waals surface area contributed by atoms with Gasteiger partial charge < -0.3 is 44.7 Å². The second kappa shape index (κ2) is 19.2.